The summed E-state index contributed by atoms with van der Waals surface area (Å²) in [5, 5.41) is 3.19. The second-order valence-corrected chi connectivity index (χ2v) is 10.2. The molecule has 0 radical (unpaired) electrons. The van der Waals surface area contributed by atoms with Crippen molar-refractivity contribution in [3.05, 3.63) is 70.8 Å². The van der Waals surface area contributed by atoms with Crippen molar-refractivity contribution in [2.75, 3.05) is 13.1 Å². The molecule has 3 fully saturated rings. The van der Waals surface area contributed by atoms with Crippen LogP contribution < -0.4 is 5.32 Å². The SMILES string of the molecule is CCN1C(=O)[C@H]2[C@@H](c3ccc(C(F)(F)F)cc3)N[C@]3(CCCN(Cc4ccc(C(F)(F)F)cc4)C3=O)[C@H]2C1=O. The Bertz CT molecular complexity index is 1290. The molecule has 1 N–H and O–H groups in total. The van der Waals surface area contributed by atoms with Crippen molar-refractivity contribution in [2.45, 2.75) is 50.2 Å². The van der Waals surface area contributed by atoms with Crippen molar-refractivity contribution in [2.24, 2.45) is 11.8 Å². The van der Waals surface area contributed by atoms with Crippen LogP contribution in [0, 0.1) is 11.8 Å². The number of carbonyl (C=O) groups excluding carboxylic acids is 3. The summed E-state index contributed by atoms with van der Waals surface area (Å²) in [4.78, 5) is 43.3. The Kier molecular flexibility index (Phi) is 6.52. The summed E-state index contributed by atoms with van der Waals surface area (Å²) in [5.41, 5.74) is -2.34. The first-order valence-corrected chi connectivity index (χ1v) is 12.5. The number of imide groups is 1. The van der Waals surface area contributed by atoms with Gasteiger partial charge in [-0.2, -0.15) is 26.3 Å². The van der Waals surface area contributed by atoms with Crippen molar-refractivity contribution < 1.29 is 40.7 Å². The molecule has 39 heavy (non-hydrogen) atoms. The Labute approximate surface area is 219 Å². The van der Waals surface area contributed by atoms with Gasteiger partial charge in [-0.3, -0.25) is 24.6 Å². The molecule has 3 saturated heterocycles. The van der Waals surface area contributed by atoms with E-state index in [0.717, 1.165) is 29.2 Å². The Morgan fingerprint density at radius 1 is 0.872 bits per heavy atom. The molecule has 208 valence electrons. The van der Waals surface area contributed by atoms with Gasteiger partial charge in [0.15, 0.2) is 0 Å². The lowest BCUT2D eigenvalue weighted by atomic mass is 9.74. The number of hydrogen-bond acceptors (Lipinski definition) is 4. The van der Waals surface area contributed by atoms with Crippen molar-refractivity contribution in [3.63, 3.8) is 0 Å². The first kappa shape index (κ1) is 27.2. The maximum atomic E-state index is 14.0. The number of amides is 3. The van der Waals surface area contributed by atoms with Crippen molar-refractivity contribution in [1.29, 1.82) is 0 Å². The number of alkyl halides is 6. The Morgan fingerprint density at radius 3 is 1.97 bits per heavy atom. The first-order chi connectivity index (χ1) is 18.3. The average Bonchev–Trinajstić information content (AvgIpc) is 3.35. The fourth-order valence-electron chi connectivity index (χ4n) is 6.18. The minimum Gasteiger partial charge on any atom is -0.337 e. The van der Waals surface area contributed by atoms with Crippen LogP contribution in [0.2, 0.25) is 0 Å². The third-order valence-corrected chi connectivity index (χ3v) is 7.98. The summed E-state index contributed by atoms with van der Waals surface area (Å²) in [7, 11) is 0. The number of halogens is 6. The molecular formula is C27H25F6N3O3. The minimum atomic E-state index is -4.55. The predicted molar refractivity (Wildman–Crippen MR) is 126 cm³/mol. The third kappa shape index (κ3) is 4.48. The molecule has 4 atom stereocenters. The molecule has 5 rings (SSSR count). The highest BCUT2D eigenvalue weighted by Gasteiger charge is 2.68. The van der Waals surface area contributed by atoms with E-state index >= 15 is 0 Å². The average molecular weight is 554 g/mol. The number of nitrogens with zero attached hydrogens (tertiary/aromatic N) is 2. The van der Waals surface area contributed by atoms with Crippen LogP contribution in [0.3, 0.4) is 0 Å². The van der Waals surface area contributed by atoms with Crippen LogP contribution in [0.25, 0.3) is 0 Å². The summed E-state index contributed by atoms with van der Waals surface area (Å²) in [6.07, 6.45) is -8.37. The number of hydrogen-bond donors (Lipinski definition) is 1. The zero-order valence-corrected chi connectivity index (χ0v) is 20.8. The van der Waals surface area contributed by atoms with E-state index in [9.17, 15) is 40.7 Å². The molecule has 12 heteroatoms. The number of carbonyl (C=O) groups is 3. The van der Waals surface area contributed by atoms with Gasteiger partial charge in [-0.1, -0.05) is 24.3 Å². The molecule has 0 unspecified atom stereocenters. The highest BCUT2D eigenvalue weighted by atomic mass is 19.4. The number of piperidine rings is 1. The number of nitrogens with one attached hydrogen (secondary N) is 1. The standard InChI is InChI=1S/C27H25F6N3O3/c1-2-36-22(37)19-20(23(36)38)25(34-21(19)16-6-10-18(11-7-16)27(31,32)33)12-3-13-35(24(25)39)14-15-4-8-17(9-5-15)26(28,29)30/h4-11,19-21,34H,2-3,12-14H2,1H3/t19-,20-,21-,25-/m1/s1. The summed E-state index contributed by atoms with van der Waals surface area (Å²) < 4.78 is 78.3. The summed E-state index contributed by atoms with van der Waals surface area (Å²) in [6, 6.07) is 7.86. The van der Waals surface area contributed by atoms with E-state index in [1.807, 2.05) is 0 Å². The van der Waals surface area contributed by atoms with Crippen LogP contribution in [0.15, 0.2) is 48.5 Å². The molecule has 2 aromatic rings. The van der Waals surface area contributed by atoms with E-state index in [0.29, 0.717) is 24.1 Å². The third-order valence-electron chi connectivity index (χ3n) is 7.98. The summed E-state index contributed by atoms with van der Waals surface area (Å²) >= 11 is 0. The van der Waals surface area contributed by atoms with Crippen LogP contribution >= 0.6 is 0 Å². The smallest absolute Gasteiger partial charge is 0.337 e. The molecule has 3 aliphatic rings. The fourth-order valence-corrected chi connectivity index (χ4v) is 6.18. The van der Waals surface area contributed by atoms with E-state index < -0.39 is 64.6 Å². The Morgan fingerprint density at radius 2 is 1.44 bits per heavy atom. The predicted octanol–water partition coefficient (Wildman–Crippen LogP) is 4.55. The lowest BCUT2D eigenvalue weighted by Gasteiger charge is -2.42. The van der Waals surface area contributed by atoms with Crippen LogP contribution in [0.1, 0.15) is 48.1 Å². The minimum absolute atomic E-state index is 0.00234. The summed E-state index contributed by atoms with van der Waals surface area (Å²) in [5.74, 6) is -3.50. The topological polar surface area (TPSA) is 69.7 Å². The second-order valence-electron chi connectivity index (χ2n) is 10.2. The maximum Gasteiger partial charge on any atom is 0.416 e. The molecule has 0 aromatic heterocycles. The van der Waals surface area contributed by atoms with Gasteiger partial charge in [0, 0.05) is 25.7 Å². The lowest BCUT2D eigenvalue weighted by molar-refractivity contribution is -0.150. The number of likely N-dealkylation sites (tertiary alicyclic amines) is 2. The van der Waals surface area contributed by atoms with Gasteiger partial charge in [0.1, 0.15) is 5.54 Å². The lowest BCUT2D eigenvalue weighted by Crippen LogP contribution is -2.63. The quantitative estimate of drug-likeness (QED) is 0.446. The molecule has 2 aromatic carbocycles. The zero-order chi connectivity index (χ0) is 28.3. The molecule has 6 nitrogen and oxygen atoms in total. The monoisotopic (exact) mass is 553 g/mol. The molecule has 0 saturated carbocycles. The number of rotatable bonds is 4. The highest BCUT2D eigenvalue weighted by molar-refractivity contribution is 6.10. The van der Waals surface area contributed by atoms with Gasteiger partial charge in [-0.05, 0) is 55.2 Å². The van der Waals surface area contributed by atoms with E-state index in [4.69, 9.17) is 0 Å². The first-order valence-electron chi connectivity index (χ1n) is 12.5. The molecule has 1 spiro atoms. The molecular weight excluding hydrogens is 528 g/mol. The molecule has 0 aliphatic carbocycles. The van der Waals surface area contributed by atoms with E-state index in [1.54, 1.807) is 6.92 Å². The molecule has 3 heterocycles. The molecule has 0 bridgehead atoms. The fraction of sp³-hybridized carbons (Fsp3) is 0.444. The summed E-state index contributed by atoms with van der Waals surface area (Å²) in [6.45, 7) is 2.02. The van der Waals surface area contributed by atoms with E-state index in [1.165, 1.54) is 29.2 Å². The van der Waals surface area contributed by atoms with Gasteiger partial charge in [-0.15, -0.1) is 0 Å². The van der Waals surface area contributed by atoms with Crippen LogP contribution in [-0.2, 0) is 33.3 Å². The normalized spacial score (nSPS) is 27.6. The van der Waals surface area contributed by atoms with Gasteiger partial charge in [0.05, 0.1) is 23.0 Å². The van der Waals surface area contributed by atoms with Gasteiger partial charge >= 0.3 is 12.4 Å². The number of benzene rings is 2. The van der Waals surface area contributed by atoms with Crippen LogP contribution in [0.5, 0.6) is 0 Å². The molecule has 3 aliphatic heterocycles. The van der Waals surface area contributed by atoms with E-state index in [2.05, 4.69) is 5.32 Å². The van der Waals surface area contributed by atoms with E-state index in [-0.39, 0.29) is 19.5 Å². The second kappa shape index (κ2) is 9.35. The van der Waals surface area contributed by atoms with Gasteiger partial charge in [-0.25, -0.2) is 0 Å². The Hall–Kier alpha value is -3.41. The van der Waals surface area contributed by atoms with Crippen molar-refractivity contribution >= 4 is 17.7 Å². The van der Waals surface area contributed by atoms with Crippen molar-refractivity contribution in [3.8, 4) is 0 Å². The van der Waals surface area contributed by atoms with Gasteiger partial charge in [0.2, 0.25) is 17.7 Å². The zero-order valence-electron chi connectivity index (χ0n) is 20.8. The highest BCUT2D eigenvalue weighted by Crippen LogP contribution is 2.52. The van der Waals surface area contributed by atoms with Crippen LogP contribution in [-0.4, -0.2) is 46.1 Å². The molecule has 3 amide bonds. The van der Waals surface area contributed by atoms with Gasteiger partial charge < -0.3 is 4.90 Å². The van der Waals surface area contributed by atoms with Crippen molar-refractivity contribution in [1.82, 2.24) is 15.1 Å². The number of fused-ring (bicyclic) bond motifs is 2. The maximum absolute atomic E-state index is 14.0. The van der Waals surface area contributed by atoms with Crippen LogP contribution in [0.4, 0.5) is 26.3 Å². The Balaban J connectivity index is 1.48. The van der Waals surface area contributed by atoms with Gasteiger partial charge in [0.25, 0.3) is 0 Å². The largest absolute Gasteiger partial charge is 0.416 e.